The SMILES string of the molecule is CCC(NC(=O)c1ccccc1)[C@H](CC)[Se]C1C(=O)C2(C)CCC1C2(C)C. The van der Waals surface area contributed by atoms with Crippen LogP contribution in [0.1, 0.15) is 70.7 Å². The Morgan fingerprint density at radius 3 is 2.37 bits per heavy atom. The number of carbonyl (C=O) groups is 2. The number of amides is 1. The number of hydrogen-bond acceptors (Lipinski definition) is 2. The first-order valence-corrected chi connectivity index (χ1v) is 12.3. The molecular formula is C23H33NO2Se. The van der Waals surface area contributed by atoms with Crippen LogP contribution >= 0.6 is 0 Å². The van der Waals surface area contributed by atoms with E-state index in [4.69, 9.17) is 0 Å². The molecule has 2 aliphatic rings. The van der Waals surface area contributed by atoms with E-state index in [1.807, 2.05) is 30.3 Å². The molecule has 4 unspecified atom stereocenters. The minimum atomic E-state index is -0.141. The first-order chi connectivity index (χ1) is 12.8. The third-order valence-corrected chi connectivity index (χ3v) is 11.3. The Morgan fingerprint density at radius 2 is 1.85 bits per heavy atom. The molecule has 3 rings (SSSR count). The van der Waals surface area contributed by atoms with Crippen LogP contribution in [0.2, 0.25) is 9.63 Å². The van der Waals surface area contributed by atoms with Crippen LogP contribution in [-0.2, 0) is 4.79 Å². The molecule has 5 atom stereocenters. The van der Waals surface area contributed by atoms with Gasteiger partial charge in [0, 0.05) is 0 Å². The molecule has 1 aromatic carbocycles. The second-order valence-electron chi connectivity index (χ2n) is 8.92. The molecule has 1 amide bonds. The summed E-state index contributed by atoms with van der Waals surface area (Å²) in [5.41, 5.74) is 0.684. The summed E-state index contributed by atoms with van der Waals surface area (Å²) in [5.74, 6) is 1.03. The average Bonchev–Trinajstić information content (AvgIpc) is 2.98. The number of ketones is 1. The van der Waals surface area contributed by atoms with Crippen LogP contribution in [0.5, 0.6) is 0 Å². The molecule has 1 aromatic rings. The summed E-state index contributed by atoms with van der Waals surface area (Å²) in [6.07, 6.45) is 4.16. The maximum atomic E-state index is 13.2. The molecule has 0 heterocycles. The molecule has 0 aromatic heterocycles. The van der Waals surface area contributed by atoms with Crippen molar-refractivity contribution in [2.75, 3.05) is 0 Å². The Kier molecular flexibility index (Phi) is 5.89. The quantitative estimate of drug-likeness (QED) is 0.620. The molecule has 0 radical (unpaired) electrons. The van der Waals surface area contributed by atoms with Crippen molar-refractivity contribution in [1.29, 1.82) is 0 Å². The van der Waals surface area contributed by atoms with Crippen LogP contribution < -0.4 is 5.32 Å². The second-order valence-corrected chi connectivity index (χ2v) is 11.8. The Balaban J connectivity index is 1.73. The number of Topliss-reactive ketones (excluding diaryl/α,β-unsaturated/α-hetero) is 1. The zero-order chi connectivity index (χ0) is 19.8. The first-order valence-electron chi connectivity index (χ1n) is 10.3. The topological polar surface area (TPSA) is 46.2 Å². The maximum absolute atomic E-state index is 13.2. The predicted molar refractivity (Wildman–Crippen MR) is 111 cm³/mol. The number of hydrogen-bond donors (Lipinski definition) is 1. The molecule has 148 valence electrons. The van der Waals surface area contributed by atoms with Crippen LogP contribution in [0.3, 0.4) is 0 Å². The van der Waals surface area contributed by atoms with Gasteiger partial charge >= 0.3 is 170 Å². The van der Waals surface area contributed by atoms with E-state index in [-0.39, 0.29) is 42.6 Å². The van der Waals surface area contributed by atoms with Gasteiger partial charge in [-0.25, -0.2) is 0 Å². The van der Waals surface area contributed by atoms with Gasteiger partial charge < -0.3 is 0 Å². The molecule has 0 spiro atoms. The minimum absolute atomic E-state index is 0.00302. The standard InChI is InChI=1S/C23H33NO2Se/c1-6-17(24-21(26)15-11-9-8-10-12-15)18(7-2)27-19-16-13-14-23(5,20(19)25)22(16,3)4/h8-12,16-19H,6-7,13-14H2,1-5H3,(H,24,26)/t16?,17?,18-,19?,23?/m0/s1. The van der Waals surface area contributed by atoms with Crippen molar-refractivity contribution in [2.24, 2.45) is 16.7 Å². The van der Waals surface area contributed by atoms with Gasteiger partial charge in [-0.2, -0.15) is 0 Å². The van der Waals surface area contributed by atoms with Crippen molar-refractivity contribution in [3.05, 3.63) is 35.9 Å². The molecular weight excluding hydrogens is 401 g/mol. The van der Waals surface area contributed by atoms with Gasteiger partial charge in [-0.1, -0.05) is 0 Å². The van der Waals surface area contributed by atoms with Crippen molar-refractivity contribution in [1.82, 2.24) is 5.32 Å². The van der Waals surface area contributed by atoms with E-state index < -0.39 is 0 Å². The van der Waals surface area contributed by atoms with E-state index in [1.54, 1.807) is 0 Å². The fraction of sp³-hybridized carbons (Fsp3) is 0.652. The molecule has 27 heavy (non-hydrogen) atoms. The molecule has 2 aliphatic carbocycles. The Hall–Kier alpha value is -1.12. The van der Waals surface area contributed by atoms with Gasteiger partial charge in [0.2, 0.25) is 0 Å². The summed E-state index contributed by atoms with van der Waals surface area (Å²) in [5, 5.41) is 3.26. The molecule has 3 nitrogen and oxygen atoms in total. The van der Waals surface area contributed by atoms with Crippen molar-refractivity contribution in [3.8, 4) is 0 Å². The van der Waals surface area contributed by atoms with E-state index in [0.29, 0.717) is 22.1 Å². The average molecular weight is 434 g/mol. The van der Waals surface area contributed by atoms with Gasteiger partial charge in [0.1, 0.15) is 0 Å². The van der Waals surface area contributed by atoms with Crippen LogP contribution in [0.15, 0.2) is 30.3 Å². The Bertz CT molecular complexity index is 702. The van der Waals surface area contributed by atoms with Crippen molar-refractivity contribution >= 4 is 26.6 Å². The molecule has 0 aliphatic heterocycles. The molecule has 2 bridgehead atoms. The van der Waals surface area contributed by atoms with Crippen LogP contribution in [0.4, 0.5) is 0 Å². The Labute approximate surface area is 170 Å². The third-order valence-electron chi connectivity index (χ3n) is 7.44. The summed E-state index contributed by atoms with van der Waals surface area (Å²) >= 11 is 0.219. The molecule has 1 N–H and O–H groups in total. The zero-order valence-corrected chi connectivity index (χ0v) is 19.0. The number of fused-ring (bicyclic) bond motifs is 2. The Morgan fingerprint density at radius 1 is 1.19 bits per heavy atom. The molecule has 4 heteroatoms. The van der Waals surface area contributed by atoms with Crippen molar-refractivity contribution in [3.63, 3.8) is 0 Å². The number of rotatable bonds is 7. The van der Waals surface area contributed by atoms with E-state index in [2.05, 4.69) is 39.9 Å². The zero-order valence-electron chi connectivity index (χ0n) is 17.2. The van der Waals surface area contributed by atoms with Gasteiger partial charge in [-0.05, 0) is 0 Å². The second kappa shape index (κ2) is 7.72. The van der Waals surface area contributed by atoms with E-state index in [9.17, 15) is 9.59 Å². The molecule has 0 saturated heterocycles. The number of nitrogens with one attached hydrogen (secondary N) is 1. The summed E-state index contributed by atoms with van der Waals surface area (Å²) in [6, 6.07) is 9.58. The predicted octanol–water partition coefficient (Wildman–Crippen LogP) is 4.91. The van der Waals surface area contributed by atoms with E-state index in [1.165, 1.54) is 6.42 Å². The summed E-state index contributed by atoms with van der Waals surface area (Å²) in [4.78, 5) is 26.5. The number of benzene rings is 1. The summed E-state index contributed by atoms with van der Waals surface area (Å²) in [7, 11) is 0. The van der Waals surface area contributed by atoms with Gasteiger partial charge in [0.05, 0.1) is 0 Å². The first kappa shape index (κ1) is 20.6. The third kappa shape index (κ3) is 3.40. The summed E-state index contributed by atoms with van der Waals surface area (Å²) < 4.78 is 0. The van der Waals surface area contributed by atoms with Gasteiger partial charge in [0.15, 0.2) is 0 Å². The fourth-order valence-electron chi connectivity index (χ4n) is 5.12. The van der Waals surface area contributed by atoms with Crippen molar-refractivity contribution in [2.45, 2.75) is 76.0 Å². The summed E-state index contributed by atoms with van der Waals surface area (Å²) in [6.45, 7) is 11.1. The monoisotopic (exact) mass is 435 g/mol. The van der Waals surface area contributed by atoms with Crippen molar-refractivity contribution < 1.29 is 9.59 Å². The number of carbonyl (C=O) groups excluding carboxylic acids is 2. The van der Waals surface area contributed by atoms with Crippen LogP contribution in [0, 0.1) is 16.7 Å². The van der Waals surface area contributed by atoms with Gasteiger partial charge in [-0.15, -0.1) is 0 Å². The van der Waals surface area contributed by atoms with Gasteiger partial charge in [-0.3, -0.25) is 0 Å². The van der Waals surface area contributed by atoms with Crippen LogP contribution in [0.25, 0.3) is 0 Å². The molecule has 2 saturated carbocycles. The van der Waals surface area contributed by atoms with E-state index in [0.717, 1.165) is 19.3 Å². The van der Waals surface area contributed by atoms with E-state index >= 15 is 0 Å². The fourth-order valence-corrected chi connectivity index (χ4v) is 9.46. The molecule has 2 fully saturated rings. The van der Waals surface area contributed by atoms with Gasteiger partial charge in [0.25, 0.3) is 0 Å². The normalized spacial score (nSPS) is 30.9. The van der Waals surface area contributed by atoms with Crippen LogP contribution in [-0.4, -0.2) is 32.7 Å².